The second-order valence-electron chi connectivity index (χ2n) is 11.3. The number of phosphoric acid groups is 2. The molecule has 0 aromatic carbocycles. The molecule has 4 N–H and O–H groups in total. The van der Waals surface area contributed by atoms with Crippen LogP contribution in [0, 0.1) is 4.91 Å². The molecule has 1 rings (SSSR count). The van der Waals surface area contributed by atoms with Gasteiger partial charge in [0.05, 0.1) is 39.8 Å². The molecule has 0 aromatic rings. The minimum absolute atomic E-state index is 0.00211. The zero-order chi connectivity index (χ0) is 38.0. The van der Waals surface area contributed by atoms with Crippen molar-refractivity contribution >= 4 is 40.9 Å². The van der Waals surface area contributed by atoms with Crippen LogP contribution in [0.2, 0.25) is 0 Å². The van der Waals surface area contributed by atoms with Gasteiger partial charge in [-0.05, 0) is 19.6 Å². The van der Waals surface area contributed by atoms with E-state index < -0.39 is 23.2 Å². The molecule has 21 nitrogen and oxygen atoms in total. The normalized spacial score (nSPS) is 15.6. The molecule has 0 aromatic heterocycles. The van der Waals surface area contributed by atoms with Crippen molar-refractivity contribution in [2.45, 2.75) is 47.0 Å². The first kappa shape index (κ1) is 46.3. The molecule has 0 aliphatic carbocycles. The SMILES string of the molecule is CCN(CCOP(=O)(O)O)CCC(=O)N1CN(C(=O)CCN(CC)CCOP(=O)(O)O)CN(C(=O)CCN(CC)CCOP(=O)(CC)N=O)C1. The van der Waals surface area contributed by atoms with E-state index in [1.165, 1.54) is 21.6 Å². The van der Waals surface area contributed by atoms with Gasteiger partial charge in [0.1, 0.15) is 0 Å². The first-order valence-corrected chi connectivity index (χ1v) is 21.2. The third-order valence-corrected chi connectivity index (χ3v) is 10.6. The van der Waals surface area contributed by atoms with E-state index in [0.717, 1.165) is 0 Å². The van der Waals surface area contributed by atoms with Crippen molar-refractivity contribution in [3.05, 3.63) is 4.91 Å². The van der Waals surface area contributed by atoms with Crippen LogP contribution in [0.4, 0.5) is 0 Å². The van der Waals surface area contributed by atoms with Crippen LogP contribution < -0.4 is 0 Å². The van der Waals surface area contributed by atoms with Gasteiger partial charge in [-0.2, -0.15) is 0 Å². The summed E-state index contributed by atoms with van der Waals surface area (Å²) in [5, 5.41) is 0. The number of carbonyl (C=O) groups excluding carboxylic acids is 3. The summed E-state index contributed by atoms with van der Waals surface area (Å²) in [7, 11) is -12.9. The van der Waals surface area contributed by atoms with E-state index in [1.807, 2.05) is 25.7 Å². The number of hydrogen-bond donors (Lipinski definition) is 4. The van der Waals surface area contributed by atoms with E-state index >= 15 is 0 Å². The third kappa shape index (κ3) is 19.2. The lowest BCUT2D eigenvalue weighted by molar-refractivity contribution is -0.159. The largest absolute Gasteiger partial charge is 0.469 e. The van der Waals surface area contributed by atoms with Gasteiger partial charge in [-0.1, -0.05) is 27.7 Å². The molecular weight excluding hydrogens is 727 g/mol. The fourth-order valence-corrected chi connectivity index (χ4v) is 6.16. The Hall–Kier alpha value is -1.70. The Morgan fingerprint density at radius 1 is 0.580 bits per heavy atom. The molecule has 1 aliphatic rings. The van der Waals surface area contributed by atoms with Crippen LogP contribution in [0.5, 0.6) is 0 Å². The van der Waals surface area contributed by atoms with Crippen LogP contribution in [-0.4, -0.2) is 172 Å². The number of phosphoric ester groups is 2. The minimum atomic E-state index is -4.64. The molecule has 1 fully saturated rings. The molecule has 3 amide bonds. The topological polar surface area (TPSA) is 260 Å². The molecule has 50 heavy (non-hydrogen) atoms. The van der Waals surface area contributed by atoms with E-state index in [0.29, 0.717) is 26.2 Å². The quantitative estimate of drug-likeness (QED) is 0.0696. The fourth-order valence-electron chi connectivity index (χ4n) is 4.81. The summed E-state index contributed by atoms with van der Waals surface area (Å²) in [5.41, 5.74) is 0. The molecule has 1 heterocycles. The molecule has 0 bridgehead atoms. The van der Waals surface area contributed by atoms with E-state index in [1.54, 1.807) is 9.80 Å². The maximum atomic E-state index is 13.4. The minimum Gasteiger partial charge on any atom is -0.309 e. The molecule has 1 aliphatic heterocycles. The van der Waals surface area contributed by atoms with E-state index in [9.17, 15) is 33.0 Å². The van der Waals surface area contributed by atoms with Gasteiger partial charge in [0, 0.05) is 69.6 Å². The average molecular weight is 782 g/mol. The summed E-state index contributed by atoms with van der Waals surface area (Å²) in [6.07, 6.45) is 0.000876. The van der Waals surface area contributed by atoms with Crippen molar-refractivity contribution in [2.75, 3.05) is 105 Å². The number of hydrogen-bond acceptors (Lipinski definition) is 13. The maximum absolute atomic E-state index is 13.4. The van der Waals surface area contributed by atoms with Crippen molar-refractivity contribution in [2.24, 2.45) is 4.95 Å². The Bertz CT molecular complexity index is 1160. The van der Waals surface area contributed by atoms with Crippen LogP contribution in [0.15, 0.2) is 4.95 Å². The standard InChI is InChI=1S/C26H54N7O14P3/c1-5-28(15-18-45-48(38,8-4)27-37)12-9-24(34)31-21-32(25(35)10-13-29(6-2)16-19-46-49(39,40)41)23-33(22-31)26(36)11-14-30(7-3)17-20-47-50(42,43)44/h5-23H2,1-4H3,(H2,39,40,41)(H2,42,43,44). The van der Waals surface area contributed by atoms with Crippen molar-refractivity contribution in [1.82, 2.24) is 29.4 Å². The van der Waals surface area contributed by atoms with Crippen LogP contribution in [0.25, 0.3) is 0 Å². The summed E-state index contributed by atoms with van der Waals surface area (Å²) < 4.78 is 48.3. The summed E-state index contributed by atoms with van der Waals surface area (Å²) in [4.78, 5) is 98.9. The first-order valence-electron chi connectivity index (χ1n) is 16.4. The van der Waals surface area contributed by atoms with E-state index in [4.69, 9.17) is 24.1 Å². The number of rotatable bonds is 26. The predicted molar refractivity (Wildman–Crippen MR) is 181 cm³/mol. The summed E-state index contributed by atoms with van der Waals surface area (Å²) >= 11 is 0. The number of amides is 3. The van der Waals surface area contributed by atoms with Crippen LogP contribution >= 0.6 is 23.2 Å². The Morgan fingerprint density at radius 2 is 0.880 bits per heavy atom. The monoisotopic (exact) mass is 781 g/mol. The summed E-state index contributed by atoms with van der Waals surface area (Å²) in [6.45, 7) is 9.14. The van der Waals surface area contributed by atoms with Gasteiger partial charge in [-0.25, -0.2) is 9.13 Å². The maximum Gasteiger partial charge on any atom is 0.469 e. The zero-order valence-electron chi connectivity index (χ0n) is 29.3. The average Bonchev–Trinajstić information content (AvgIpc) is 3.07. The molecular formula is C26H54N7O14P3. The van der Waals surface area contributed by atoms with Crippen LogP contribution in [-0.2, 0) is 41.6 Å². The molecule has 0 spiro atoms. The van der Waals surface area contributed by atoms with Crippen LogP contribution in [0.3, 0.4) is 0 Å². The van der Waals surface area contributed by atoms with E-state index in [2.05, 4.69) is 14.0 Å². The number of nitroso groups, excluding NO2 is 1. The van der Waals surface area contributed by atoms with Crippen molar-refractivity contribution < 1.29 is 61.2 Å². The number of nitrogens with zero attached hydrogens (tertiary/aromatic N) is 7. The summed E-state index contributed by atoms with van der Waals surface area (Å²) in [5.74, 6) is -1.03. The van der Waals surface area contributed by atoms with Gasteiger partial charge >= 0.3 is 23.2 Å². The predicted octanol–water partition coefficient (Wildman–Crippen LogP) is 0.709. The molecule has 1 atom stereocenters. The lowest BCUT2D eigenvalue weighted by Gasteiger charge is -2.42. The van der Waals surface area contributed by atoms with E-state index in [-0.39, 0.29) is 116 Å². The van der Waals surface area contributed by atoms with Gasteiger partial charge in [-0.3, -0.25) is 28.0 Å². The lowest BCUT2D eigenvalue weighted by atomic mass is 10.2. The third-order valence-electron chi connectivity index (χ3n) is 7.91. The Labute approximate surface area is 293 Å². The van der Waals surface area contributed by atoms with Gasteiger partial charge < -0.3 is 53.5 Å². The highest BCUT2D eigenvalue weighted by Crippen LogP contribution is 2.47. The van der Waals surface area contributed by atoms with Gasteiger partial charge in [0.25, 0.3) is 0 Å². The smallest absolute Gasteiger partial charge is 0.309 e. The molecule has 24 heteroatoms. The fraction of sp³-hybridized carbons (Fsp3) is 0.885. The summed E-state index contributed by atoms with van der Waals surface area (Å²) in [6, 6.07) is 0. The van der Waals surface area contributed by atoms with Gasteiger partial charge in [0.15, 0.2) is 0 Å². The second-order valence-corrected chi connectivity index (χ2v) is 16.1. The molecule has 0 radical (unpaired) electrons. The van der Waals surface area contributed by atoms with Crippen molar-refractivity contribution in [3.8, 4) is 0 Å². The zero-order valence-corrected chi connectivity index (χ0v) is 32.0. The highest BCUT2D eigenvalue weighted by molar-refractivity contribution is 7.57. The second kappa shape index (κ2) is 23.1. The Balaban J connectivity index is 2.95. The Kier molecular flexibility index (Phi) is 21.4. The molecule has 292 valence electrons. The van der Waals surface area contributed by atoms with Crippen molar-refractivity contribution in [3.63, 3.8) is 0 Å². The first-order chi connectivity index (χ1) is 23.4. The van der Waals surface area contributed by atoms with Crippen LogP contribution in [0.1, 0.15) is 47.0 Å². The number of carbonyl (C=O) groups is 3. The molecule has 1 saturated heterocycles. The molecule has 0 saturated carbocycles. The van der Waals surface area contributed by atoms with Crippen molar-refractivity contribution in [1.29, 1.82) is 0 Å². The Morgan fingerprint density at radius 3 is 1.12 bits per heavy atom. The highest BCUT2D eigenvalue weighted by Gasteiger charge is 2.32. The molecule has 1 unspecified atom stereocenters. The lowest BCUT2D eigenvalue weighted by Crippen LogP contribution is -2.60. The van der Waals surface area contributed by atoms with Gasteiger partial charge in [0.2, 0.25) is 17.7 Å². The van der Waals surface area contributed by atoms with Gasteiger partial charge in [-0.15, -0.1) is 4.91 Å². The number of likely N-dealkylation sites (N-methyl/N-ethyl adjacent to an activating group) is 3. The highest BCUT2D eigenvalue weighted by atomic mass is 31.2.